The van der Waals surface area contributed by atoms with Gasteiger partial charge in [-0.2, -0.15) is 0 Å². The normalized spacial score (nSPS) is 17.2. The maximum atomic E-state index is 10.9. The topological polar surface area (TPSA) is 43.1 Å². The third-order valence-corrected chi connectivity index (χ3v) is 2.63. The predicted molar refractivity (Wildman–Crippen MR) is 41.6 cm³/mol. The maximum Gasteiger partial charge on any atom is 0.0781 e. The Hall–Kier alpha value is 0.110. The van der Waals surface area contributed by atoms with E-state index in [0.29, 0.717) is 0 Å². The van der Waals surface area contributed by atoms with Crippen molar-refractivity contribution in [2.24, 2.45) is 5.73 Å². The molecular formula is C6H15NOS. The Labute approximate surface area is 59.3 Å². The smallest absolute Gasteiger partial charge is 0.0781 e. The summed E-state index contributed by atoms with van der Waals surface area (Å²) in [5.41, 5.74) is 5.38. The minimum atomic E-state index is -0.794. The summed E-state index contributed by atoms with van der Waals surface area (Å²) >= 11 is 0. The van der Waals surface area contributed by atoms with Gasteiger partial charge in [0.05, 0.1) is 5.37 Å². The van der Waals surface area contributed by atoms with E-state index < -0.39 is 10.8 Å². The lowest BCUT2D eigenvalue weighted by Crippen LogP contribution is -2.23. The Balaban J connectivity index is 3.28. The summed E-state index contributed by atoms with van der Waals surface area (Å²) in [5.74, 6) is 0.758. The molecule has 0 aliphatic carbocycles. The molecule has 3 heteroatoms. The van der Waals surface area contributed by atoms with Gasteiger partial charge in [0.15, 0.2) is 0 Å². The summed E-state index contributed by atoms with van der Waals surface area (Å²) in [4.78, 5) is 0. The van der Waals surface area contributed by atoms with Gasteiger partial charge >= 0.3 is 0 Å². The lowest BCUT2D eigenvalue weighted by Gasteiger charge is -2.02. The molecule has 0 amide bonds. The van der Waals surface area contributed by atoms with Gasteiger partial charge in [0.1, 0.15) is 0 Å². The Kier molecular flexibility index (Phi) is 5.00. The van der Waals surface area contributed by atoms with Crippen LogP contribution in [0, 0.1) is 0 Å². The molecule has 0 aromatic rings. The van der Waals surface area contributed by atoms with E-state index in [-0.39, 0.29) is 5.37 Å². The lowest BCUT2D eigenvalue weighted by molar-refractivity contribution is 0.671. The summed E-state index contributed by atoms with van der Waals surface area (Å²) in [6, 6.07) is 0. The molecule has 9 heavy (non-hydrogen) atoms. The number of hydrogen-bond acceptors (Lipinski definition) is 2. The number of unbranched alkanes of at least 4 members (excludes halogenated alkanes) is 1. The first kappa shape index (κ1) is 9.11. The first-order valence-electron chi connectivity index (χ1n) is 3.31. The first-order chi connectivity index (χ1) is 4.18. The van der Waals surface area contributed by atoms with Crippen molar-refractivity contribution in [2.75, 3.05) is 5.75 Å². The third kappa shape index (κ3) is 4.60. The van der Waals surface area contributed by atoms with Gasteiger partial charge in [-0.15, -0.1) is 0 Å². The van der Waals surface area contributed by atoms with Crippen molar-refractivity contribution in [3.63, 3.8) is 0 Å². The fourth-order valence-corrected chi connectivity index (χ4v) is 1.42. The Morgan fingerprint density at radius 2 is 2.22 bits per heavy atom. The summed E-state index contributed by atoms with van der Waals surface area (Å²) in [6.45, 7) is 3.87. The second kappa shape index (κ2) is 4.94. The van der Waals surface area contributed by atoms with Crippen LogP contribution in [0.4, 0.5) is 0 Å². The Morgan fingerprint density at radius 3 is 2.56 bits per heavy atom. The summed E-state index contributed by atoms with van der Waals surface area (Å²) in [5, 5.41) is -0.156. The molecular weight excluding hydrogens is 134 g/mol. The van der Waals surface area contributed by atoms with Gasteiger partial charge in [0, 0.05) is 16.6 Å². The Morgan fingerprint density at radius 1 is 1.67 bits per heavy atom. The van der Waals surface area contributed by atoms with Gasteiger partial charge in [-0.25, -0.2) is 0 Å². The van der Waals surface area contributed by atoms with E-state index in [2.05, 4.69) is 6.92 Å². The molecule has 0 bridgehead atoms. The molecule has 2 N–H and O–H groups in total. The van der Waals surface area contributed by atoms with Crippen LogP contribution in [0.15, 0.2) is 0 Å². The van der Waals surface area contributed by atoms with Gasteiger partial charge in [0.25, 0.3) is 0 Å². The highest BCUT2D eigenvalue weighted by atomic mass is 32.2. The van der Waals surface area contributed by atoms with Crippen LogP contribution >= 0.6 is 0 Å². The monoisotopic (exact) mass is 149 g/mol. The largest absolute Gasteiger partial charge is 0.317 e. The van der Waals surface area contributed by atoms with Crippen molar-refractivity contribution in [1.82, 2.24) is 0 Å². The molecule has 2 unspecified atom stereocenters. The van der Waals surface area contributed by atoms with Crippen molar-refractivity contribution in [3.8, 4) is 0 Å². The molecule has 0 aliphatic heterocycles. The zero-order valence-electron chi connectivity index (χ0n) is 6.09. The third-order valence-electron chi connectivity index (χ3n) is 1.11. The standard InChI is InChI=1S/C6H15NOS/c1-3-4-5-9(8)6(2)7/h6H,3-5,7H2,1-2H3. The van der Waals surface area contributed by atoms with Gasteiger partial charge in [-0.05, 0) is 13.3 Å². The average Bonchev–Trinajstić information content (AvgIpc) is 1.82. The summed E-state index contributed by atoms with van der Waals surface area (Å²) in [6.07, 6.45) is 2.12. The molecule has 56 valence electrons. The summed E-state index contributed by atoms with van der Waals surface area (Å²) < 4.78 is 10.9. The SMILES string of the molecule is CCCCS(=O)C(C)N. The fourth-order valence-electron chi connectivity index (χ4n) is 0.472. The molecule has 2 nitrogen and oxygen atoms in total. The molecule has 0 aromatic heterocycles. The van der Waals surface area contributed by atoms with Crippen LogP contribution in [0.1, 0.15) is 26.7 Å². The molecule has 0 saturated heterocycles. The number of nitrogens with two attached hydrogens (primary N) is 1. The second-order valence-corrected chi connectivity index (χ2v) is 4.06. The molecule has 0 saturated carbocycles. The number of rotatable bonds is 4. The lowest BCUT2D eigenvalue weighted by atomic mass is 10.4. The van der Waals surface area contributed by atoms with Crippen LogP contribution in [0.25, 0.3) is 0 Å². The van der Waals surface area contributed by atoms with Gasteiger partial charge < -0.3 is 5.73 Å². The van der Waals surface area contributed by atoms with Crippen molar-refractivity contribution < 1.29 is 4.21 Å². The highest BCUT2D eigenvalue weighted by Crippen LogP contribution is 1.94. The highest BCUT2D eigenvalue weighted by Gasteiger charge is 2.02. The van der Waals surface area contributed by atoms with Crippen molar-refractivity contribution in [3.05, 3.63) is 0 Å². The van der Waals surface area contributed by atoms with E-state index in [1.165, 1.54) is 0 Å². The first-order valence-corrected chi connectivity index (χ1v) is 4.69. The minimum Gasteiger partial charge on any atom is -0.317 e. The minimum absolute atomic E-state index is 0.156. The van der Waals surface area contributed by atoms with Crippen LogP contribution in [0.5, 0.6) is 0 Å². The molecule has 0 aromatic carbocycles. The molecule has 2 atom stereocenters. The maximum absolute atomic E-state index is 10.9. The molecule has 0 spiro atoms. The zero-order chi connectivity index (χ0) is 7.28. The fraction of sp³-hybridized carbons (Fsp3) is 1.00. The van der Waals surface area contributed by atoms with E-state index in [1.807, 2.05) is 0 Å². The second-order valence-electron chi connectivity index (χ2n) is 2.14. The van der Waals surface area contributed by atoms with Crippen LogP contribution in [0.3, 0.4) is 0 Å². The van der Waals surface area contributed by atoms with E-state index in [4.69, 9.17) is 5.73 Å². The van der Waals surface area contributed by atoms with E-state index >= 15 is 0 Å². The zero-order valence-corrected chi connectivity index (χ0v) is 6.91. The molecule has 0 aliphatic rings. The molecule has 0 heterocycles. The van der Waals surface area contributed by atoms with Crippen LogP contribution < -0.4 is 5.73 Å². The Bertz CT molecular complexity index is 93.1. The van der Waals surface area contributed by atoms with Gasteiger partial charge in [-0.3, -0.25) is 4.21 Å². The average molecular weight is 149 g/mol. The summed E-state index contributed by atoms with van der Waals surface area (Å²) in [7, 11) is -0.794. The van der Waals surface area contributed by atoms with E-state index in [1.54, 1.807) is 6.92 Å². The molecule has 0 fully saturated rings. The van der Waals surface area contributed by atoms with Crippen LogP contribution in [-0.4, -0.2) is 15.3 Å². The molecule has 0 rings (SSSR count). The van der Waals surface area contributed by atoms with Crippen molar-refractivity contribution in [2.45, 2.75) is 32.1 Å². The predicted octanol–water partition coefficient (Wildman–Crippen LogP) is 0.840. The van der Waals surface area contributed by atoms with E-state index in [0.717, 1.165) is 18.6 Å². The van der Waals surface area contributed by atoms with E-state index in [9.17, 15) is 4.21 Å². The van der Waals surface area contributed by atoms with Crippen molar-refractivity contribution in [1.29, 1.82) is 0 Å². The van der Waals surface area contributed by atoms with Crippen LogP contribution in [0.2, 0.25) is 0 Å². The van der Waals surface area contributed by atoms with Gasteiger partial charge in [-0.1, -0.05) is 13.3 Å². The van der Waals surface area contributed by atoms with Crippen molar-refractivity contribution >= 4 is 10.8 Å². The highest BCUT2D eigenvalue weighted by molar-refractivity contribution is 7.85. The quantitative estimate of drug-likeness (QED) is 0.643. The molecule has 0 radical (unpaired) electrons. The van der Waals surface area contributed by atoms with Gasteiger partial charge in [0.2, 0.25) is 0 Å². The van der Waals surface area contributed by atoms with Crippen LogP contribution in [-0.2, 0) is 10.8 Å². The number of hydrogen-bond donors (Lipinski definition) is 1.